The average Bonchev–Trinajstić information content (AvgIpc) is 3.32. The fourth-order valence-electron chi connectivity index (χ4n) is 3.17. The minimum atomic E-state index is -4.64. The molecule has 2 aromatic rings. The molecule has 0 N–H and O–H groups in total. The lowest BCUT2D eigenvalue weighted by molar-refractivity contribution is -0.157. The van der Waals surface area contributed by atoms with E-state index < -0.39 is 48.0 Å². The van der Waals surface area contributed by atoms with Gasteiger partial charge in [-0.15, -0.1) is 17.8 Å². The van der Waals surface area contributed by atoms with Crippen LogP contribution < -0.4 is 9.64 Å². The van der Waals surface area contributed by atoms with E-state index in [-0.39, 0.29) is 29.4 Å². The van der Waals surface area contributed by atoms with Gasteiger partial charge in [-0.3, -0.25) is 14.5 Å². The summed E-state index contributed by atoms with van der Waals surface area (Å²) in [6, 6.07) is 0.245. The summed E-state index contributed by atoms with van der Waals surface area (Å²) < 4.78 is 71.1. The predicted molar refractivity (Wildman–Crippen MR) is 101 cm³/mol. The summed E-state index contributed by atoms with van der Waals surface area (Å²) in [6.07, 6.45) is 0.448. The predicted octanol–water partition coefficient (Wildman–Crippen LogP) is 3.22. The summed E-state index contributed by atoms with van der Waals surface area (Å²) in [5.41, 5.74) is -0.466. The van der Waals surface area contributed by atoms with Crippen LogP contribution in [-0.2, 0) is 4.79 Å². The van der Waals surface area contributed by atoms with Crippen LogP contribution in [0.25, 0.3) is 0 Å². The molecule has 12 heteroatoms. The first-order valence-electron chi connectivity index (χ1n) is 8.70. The number of benzene rings is 1. The highest BCUT2D eigenvalue weighted by atomic mass is 32.1. The van der Waals surface area contributed by atoms with Gasteiger partial charge in [-0.05, 0) is 12.3 Å². The van der Waals surface area contributed by atoms with Crippen molar-refractivity contribution in [1.82, 2.24) is 9.88 Å². The molecule has 1 saturated heterocycles. The molecule has 1 aromatic heterocycles. The molecule has 0 bridgehead atoms. The quantitative estimate of drug-likeness (QED) is 0.509. The Morgan fingerprint density at radius 2 is 2.13 bits per heavy atom. The third-order valence-electron chi connectivity index (χ3n) is 4.49. The van der Waals surface area contributed by atoms with Crippen molar-refractivity contribution in [3.8, 4) is 18.1 Å². The Hall–Kier alpha value is -3.20. The molecular weight excluding hydrogens is 445 g/mol. The number of thiazole rings is 1. The Balaban J connectivity index is 2.06. The highest BCUT2D eigenvalue weighted by Crippen LogP contribution is 2.33. The summed E-state index contributed by atoms with van der Waals surface area (Å²) in [5.74, 6) is -2.89. The second kappa shape index (κ2) is 8.50. The third-order valence-corrected chi connectivity index (χ3v) is 5.27. The molecule has 1 atom stereocenters. The van der Waals surface area contributed by atoms with Gasteiger partial charge in [0.05, 0.1) is 12.8 Å². The van der Waals surface area contributed by atoms with Crippen LogP contribution in [0.5, 0.6) is 5.75 Å². The standard InChI is InChI=1S/C19H14F5N3O3S/c1-3-15-25-12(8-31-15)17(28)27(10-6-11(20)16(21)14(7-10)30-2)13-4-5-26(18(13)29)9-19(22,23)24/h1,6-8,13H,4-5,9H2,2H3. The average molecular weight is 459 g/mol. The molecule has 2 heterocycles. The first kappa shape index (κ1) is 22.5. The fourth-order valence-corrected chi connectivity index (χ4v) is 3.77. The number of terminal acetylenes is 1. The number of aromatic nitrogens is 1. The fraction of sp³-hybridized carbons (Fsp3) is 0.316. The number of amides is 2. The van der Waals surface area contributed by atoms with Gasteiger partial charge in [0.25, 0.3) is 5.91 Å². The van der Waals surface area contributed by atoms with E-state index in [1.54, 1.807) is 0 Å². The number of alkyl halides is 3. The largest absolute Gasteiger partial charge is 0.493 e. The molecule has 3 rings (SSSR count). The summed E-state index contributed by atoms with van der Waals surface area (Å²) in [6.45, 7) is -1.77. The number of hydrogen-bond acceptors (Lipinski definition) is 5. The van der Waals surface area contributed by atoms with E-state index in [0.29, 0.717) is 11.0 Å². The van der Waals surface area contributed by atoms with Crippen molar-refractivity contribution in [3.63, 3.8) is 0 Å². The number of ether oxygens (including phenoxy) is 1. The summed E-state index contributed by atoms with van der Waals surface area (Å²) >= 11 is 0.958. The molecular formula is C19H14F5N3O3S. The van der Waals surface area contributed by atoms with E-state index in [9.17, 15) is 31.5 Å². The first-order chi connectivity index (χ1) is 14.6. The van der Waals surface area contributed by atoms with Crippen molar-refractivity contribution in [1.29, 1.82) is 0 Å². The van der Waals surface area contributed by atoms with Crippen molar-refractivity contribution in [2.24, 2.45) is 0 Å². The number of anilines is 1. The van der Waals surface area contributed by atoms with E-state index in [1.807, 2.05) is 0 Å². The lowest BCUT2D eigenvalue weighted by atomic mass is 10.1. The summed E-state index contributed by atoms with van der Waals surface area (Å²) in [5, 5.41) is 1.46. The molecule has 164 valence electrons. The first-order valence-corrected chi connectivity index (χ1v) is 9.58. The minimum Gasteiger partial charge on any atom is -0.493 e. The van der Waals surface area contributed by atoms with E-state index >= 15 is 0 Å². The lowest BCUT2D eigenvalue weighted by Crippen LogP contribution is -2.47. The number of carbonyl (C=O) groups is 2. The van der Waals surface area contributed by atoms with Gasteiger partial charge < -0.3 is 9.64 Å². The van der Waals surface area contributed by atoms with Gasteiger partial charge in [0.15, 0.2) is 16.6 Å². The van der Waals surface area contributed by atoms with E-state index in [4.69, 9.17) is 11.2 Å². The lowest BCUT2D eigenvalue weighted by Gasteiger charge is -2.28. The highest BCUT2D eigenvalue weighted by Gasteiger charge is 2.44. The summed E-state index contributed by atoms with van der Waals surface area (Å²) in [4.78, 5) is 31.1. The molecule has 0 spiro atoms. The molecule has 31 heavy (non-hydrogen) atoms. The molecule has 0 saturated carbocycles. The molecule has 6 nitrogen and oxygen atoms in total. The molecule has 0 aliphatic carbocycles. The SMILES string of the molecule is C#Cc1nc(C(=O)N(c2cc(F)c(F)c(OC)c2)C2CCN(CC(F)(F)F)C2=O)cs1. The topological polar surface area (TPSA) is 62.7 Å². The third kappa shape index (κ3) is 4.61. The van der Waals surface area contributed by atoms with Crippen LogP contribution in [-0.4, -0.2) is 54.1 Å². The van der Waals surface area contributed by atoms with Gasteiger partial charge in [-0.25, -0.2) is 9.37 Å². The van der Waals surface area contributed by atoms with E-state index in [0.717, 1.165) is 29.4 Å². The van der Waals surface area contributed by atoms with Crippen molar-refractivity contribution >= 4 is 28.8 Å². The molecule has 1 aliphatic rings. The number of rotatable bonds is 5. The van der Waals surface area contributed by atoms with Gasteiger partial charge in [0, 0.05) is 24.1 Å². The molecule has 2 amide bonds. The zero-order valence-electron chi connectivity index (χ0n) is 15.9. The number of methoxy groups -OCH3 is 1. The van der Waals surface area contributed by atoms with Gasteiger partial charge in [-0.1, -0.05) is 0 Å². The minimum absolute atomic E-state index is 0.155. The van der Waals surface area contributed by atoms with Crippen molar-refractivity contribution in [2.75, 3.05) is 25.1 Å². The number of hydrogen-bond donors (Lipinski definition) is 0. The van der Waals surface area contributed by atoms with Crippen LogP contribution in [0.1, 0.15) is 21.9 Å². The monoisotopic (exact) mass is 459 g/mol. The Morgan fingerprint density at radius 3 is 2.71 bits per heavy atom. The van der Waals surface area contributed by atoms with E-state index in [2.05, 4.69) is 10.9 Å². The normalized spacial score (nSPS) is 16.4. The Kier molecular flexibility index (Phi) is 6.17. The highest BCUT2D eigenvalue weighted by molar-refractivity contribution is 7.10. The molecule has 1 fully saturated rings. The number of carbonyl (C=O) groups excluding carboxylic acids is 2. The van der Waals surface area contributed by atoms with Crippen LogP contribution in [0.15, 0.2) is 17.5 Å². The van der Waals surface area contributed by atoms with E-state index in [1.165, 1.54) is 5.38 Å². The number of nitrogens with zero attached hydrogens (tertiary/aromatic N) is 3. The van der Waals surface area contributed by atoms with Crippen LogP contribution in [0.4, 0.5) is 27.6 Å². The van der Waals surface area contributed by atoms with Crippen molar-refractivity contribution in [3.05, 3.63) is 39.8 Å². The van der Waals surface area contributed by atoms with Gasteiger partial charge >= 0.3 is 6.18 Å². The van der Waals surface area contributed by atoms with Crippen LogP contribution in [0.2, 0.25) is 0 Å². The second-order valence-electron chi connectivity index (χ2n) is 6.48. The maximum atomic E-state index is 14.1. The molecule has 1 aromatic carbocycles. The number of halogens is 5. The smallest absolute Gasteiger partial charge is 0.406 e. The molecule has 1 unspecified atom stereocenters. The molecule has 1 aliphatic heterocycles. The zero-order valence-corrected chi connectivity index (χ0v) is 16.7. The van der Waals surface area contributed by atoms with Gasteiger partial charge in [-0.2, -0.15) is 17.6 Å². The second-order valence-corrected chi connectivity index (χ2v) is 7.34. The maximum Gasteiger partial charge on any atom is 0.406 e. The van der Waals surface area contributed by atoms with Crippen molar-refractivity contribution in [2.45, 2.75) is 18.6 Å². The zero-order chi connectivity index (χ0) is 22.9. The van der Waals surface area contributed by atoms with Crippen LogP contribution in [0.3, 0.4) is 0 Å². The number of likely N-dealkylation sites (tertiary alicyclic amines) is 1. The van der Waals surface area contributed by atoms with Crippen LogP contribution in [0, 0.1) is 24.0 Å². The maximum absolute atomic E-state index is 14.1. The Bertz CT molecular complexity index is 1060. The van der Waals surface area contributed by atoms with Gasteiger partial charge in [0.2, 0.25) is 11.7 Å². The van der Waals surface area contributed by atoms with Crippen molar-refractivity contribution < 1.29 is 36.3 Å². The molecule has 0 radical (unpaired) electrons. The van der Waals surface area contributed by atoms with Gasteiger partial charge in [0.1, 0.15) is 18.3 Å². The Labute approximate surface area is 177 Å². The van der Waals surface area contributed by atoms with Crippen LogP contribution >= 0.6 is 11.3 Å². The summed E-state index contributed by atoms with van der Waals surface area (Å²) in [7, 11) is 1.07. The Morgan fingerprint density at radius 1 is 1.42 bits per heavy atom.